The van der Waals surface area contributed by atoms with Crippen LogP contribution >= 0.6 is 0 Å². The lowest BCUT2D eigenvalue weighted by Crippen LogP contribution is -2.58. The summed E-state index contributed by atoms with van der Waals surface area (Å²) in [5, 5.41) is 0. The van der Waals surface area contributed by atoms with Crippen LogP contribution in [-0.2, 0) is 9.53 Å². The molecule has 4 heteroatoms. The predicted octanol–water partition coefficient (Wildman–Crippen LogP) is 0.856. The first kappa shape index (κ1) is 13.5. The highest BCUT2D eigenvalue weighted by atomic mass is 16.5. The second-order valence-electron chi connectivity index (χ2n) is 5.24. The number of amides is 1. The van der Waals surface area contributed by atoms with Crippen molar-refractivity contribution in [3.05, 3.63) is 0 Å². The predicted molar refractivity (Wildman–Crippen MR) is 64.0 cm³/mol. The van der Waals surface area contributed by atoms with Gasteiger partial charge in [-0.3, -0.25) is 4.79 Å². The Morgan fingerprint density at radius 1 is 1.50 bits per heavy atom. The molecule has 94 valence electrons. The molecular formula is C12H24N2O2. The Hall–Kier alpha value is -0.610. The number of carbonyl (C=O) groups excluding carboxylic acids is 1. The van der Waals surface area contributed by atoms with Gasteiger partial charge in [-0.15, -0.1) is 0 Å². The minimum atomic E-state index is -0.424. The Morgan fingerprint density at radius 3 is 2.50 bits per heavy atom. The van der Waals surface area contributed by atoms with E-state index in [2.05, 4.69) is 13.8 Å². The molecule has 2 N–H and O–H groups in total. The second kappa shape index (κ2) is 5.64. The van der Waals surface area contributed by atoms with Crippen molar-refractivity contribution in [3.8, 4) is 0 Å². The van der Waals surface area contributed by atoms with Crippen LogP contribution in [0.5, 0.6) is 0 Å². The summed E-state index contributed by atoms with van der Waals surface area (Å²) in [4.78, 5) is 13.9. The van der Waals surface area contributed by atoms with E-state index >= 15 is 0 Å². The van der Waals surface area contributed by atoms with Gasteiger partial charge in [0.25, 0.3) is 0 Å². The molecule has 0 unspecified atom stereocenters. The summed E-state index contributed by atoms with van der Waals surface area (Å²) in [6.45, 7) is 6.57. The standard InChI is InChI=1S/C12H24N2O2/c1-10(2)5-4-6-14(3)11(15)12(7-13)8-16-9-12/h10H,4-9,13H2,1-3H3. The van der Waals surface area contributed by atoms with Crippen LogP contribution in [0, 0.1) is 11.3 Å². The lowest BCUT2D eigenvalue weighted by molar-refractivity contribution is -0.169. The summed E-state index contributed by atoms with van der Waals surface area (Å²) in [6, 6.07) is 0. The molecule has 1 aliphatic heterocycles. The first-order valence-corrected chi connectivity index (χ1v) is 6.05. The Labute approximate surface area is 98.1 Å². The molecule has 4 nitrogen and oxygen atoms in total. The fourth-order valence-corrected chi connectivity index (χ4v) is 1.92. The molecule has 16 heavy (non-hydrogen) atoms. The van der Waals surface area contributed by atoms with Crippen LogP contribution in [0.25, 0.3) is 0 Å². The van der Waals surface area contributed by atoms with Crippen LogP contribution in [0.3, 0.4) is 0 Å². The van der Waals surface area contributed by atoms with Crippen molar-refractivity contribution < 1.29 is 9.53 Å². The van der Waals surface area contributed by atoms with Crippen molar-refractivity contribution in [1.29, 1.82) is 0 Å². The number of nitrogens with zero attached hydrogens (tertiary/aromatic N) is 1. The smallest absolute Gasteiger partial charge is 0.234 e. The van der Waals surface area contributed by atoms with Crippen LogP contribution in [0.1, 0.15) is 26.7 Å². The van der Waals surface area contributed by atoms with Crippen molar-refractivity contribution in [3.63, 3.8) is 0 Å². The van der Waals surface area contributed by atoms with Crippen molar-refractivity contribution in [1.82, 2.24) is 4.90 Å². The molecule has 1 amide bonds. The van der Waals surface area contributed by atoms with Gasteiger partial charge in [-0.25, -0.2) is 0 Å². The number of hydrogen-bond acceptors (Lipinski definition) is 3. The van der Waals surface area contributed by atoms with Crippen molar-refractivity contribution in [2.45, 2.75) is 26.7 Å². The maximum atomic E-state index is 12.1. The molecule has 0 aliphatic carbocycles. The molecule has 0 radical (unpaired) electrons. The van der Waals surface area contributed by atoms with Gasteiger partial charge in [-0.05, 0) is 18.8 Å². The highest BCUT2D eigenvalue weighted by molar-refractivity contribution is 5.83. The van der Waals surface area contributed by atoms with Gasteiger partial charge in [0.2, 0.25) is 5.91 Å². The first-order valence-electron chi connectivity index (χ1n) is 6.05. The molecule has 0 bridgehead atoms. The second-order valence-corrected chi connectivity index (χ2v) is 5.24. The van der Waals surface area contributed by atoms with Gasteiger partial charge in [0.15, 0.2) is 0 Å². The van der Waals surface area contributed by atoms with E-state index in [-0.39, 0.29) is 5.91 Å². The van der Waals surface area contributed by atoms with E-state index in [0.717, 1.165) is 19.4 Å². The Morgan fingerprint density at radius 2 is 2.12 bits per heavy atom. The summed E-state index contributed by atoms with van der Waals surface area (Å²) in [7, 11) is 1.86. The Kier molecular flexibility index (Phi) is 4.74. The molecule has 1 heterocycles. The largest absolute Gasteiger partial charge is 0.379 e. The van der Waals surface area contributed by atoms with Gasteiger partial charge in [0.05, 0.1) is 13.2 Å². The molecule has 1 saturated heterocycles. The Balaban J connectivity index is 2.35. The zero-order valence-electron chi connectivity index (χ0n) is 10.7. The lowest BCUT2D eigenvalue weighted by Gasteiger charge is -2.41. The van der Waals surface area contributed by atoms with E-state index in [1.165, 1.54) is 0 Å². The highest BCUT2D eigenvalue weighted by Crippen LogP contribution is 2.28. The number of ether oxygens (including phenoxy) is 1. The van der Waals surface area contributed by atoms with E-state index < -0.39 is 5.41 Å². The zero-order chi connectivity index (χ0) is 12.2. The summed E-state index contributed by atoms with van der Waals surface area (Å²) in [5.74, 6) is 0.837. The van der Waals surface area contributed by atoms with E-state index in [9.17, 15) is 4.79 Å². The normalized spacial score (nSPS) is 18.3. The number of rotatable bonds is 6. The molecule has 0 aromatic heterocycles. The van der Waals surface area contributed by atoms with Gasteiger partial charge in [0, 0.05) is 20.1 Å². The summed E-state index contributed by atoms with van der Waals surface area (Å²) >= 11 is 0. The number of carbonyl (C=O) groups is 1. The minimum Gasteiger partial charge on any atom is -0.379 e. The molecule has 1 aliphatic rings. The Bertz CT molecular complexity index is 232. The maximum absolute atomic E-state index is 12.1. The molecule has 0 aromatic carbocycles. The SMILES string of the molecule is CC(C)CCCN(C)C(=O)C1(CN)COC1. The third kappa shape index (κ3) is 2.95. The number of hydrogen-bond donors (Lipinski definition) is 1. The van der Waals surface area contributed by atoms with Crippen LogP contribution in [0.15, 0.2) is 0 Å². The molecule has 0 aromatic rings. The molecule has 0 atom stereocenters. The summed E-state index contributed by atoms with van der Waals surface area (Å²) in [6.07, 6.45) is 2.21. The quantitative estimate of drug-likeness (QED) is 0.733. The molecule has 0 spiro atoms. The third-order valence-corrected chi connectivity index (χ3v) is 3.22. The molecule has 0 saturated carbocycles. The van der Waals surface area contributed by atoms with Gasteiger partial charge in [0.1, 0.15) is 5.41 Å². The van der Waals surface area contributed by atoms with Gasteiger partial charge >= 0.3 is 0 Å². The third-order valence-electron chi connectivity index (χ3n) is 3.22. The van der Waals surface area contributed by atoms with Gasteiger partial charge in [-0.1, -0.05) is 13.8 Å². The zero-order valence-corrected chi connectivity index (χ0v) is 10.7. The van der Waals surface area contributed by atoms with E-state index in [1.54, 1.807) is 4.90 Å². The highest BCUT2D eigenvalue weighted by Gasteiger charge is 2.46. The maximum Gasteiger partial charge on any atom is 0.234 e. The summed E-state index contributed by atoms with van der Waals surface area (Å²) < 4.78 is 5.12. The topological polar surface area (TPSA) is 55.6 Å². The monoisotopic (exact) mass is 228 g/mol. The average molecular weight is 228 g/mol. The van der Waals surface area contributed by atoms with Crippen molar-refractivity contribution >= 4 is 5.91 Å². The van der Waals surface area contributed by atoms with Gasteiger partial charge < -0.3 is 15.4 Å². The minimum absolute atomic E-state index is 0.144. The van der Waals surface area contributed by atoms with Gasteiger partial charge in [-0.2, -0.15) is 0 Å². The number of nitrogens with two attached hydrogens (primary N) is 1. The van der Waals surface area contributed by atoms with Crippen LogP contribution < -0.4 is 5.73 Å². The van der Waals surface area contributed by atoms with Crippen LogP contribution in [0.4, 0.5) is 0 Å². The van der Waals surface area contributed by atoms with E-state index in [1.807, 2.05) is 7.05 Å². The van der Waals surface area contributed by atoms with Crippen molar-refractivity contribution in [2.75, 3.05) is 33.4 Å². The molecular weight excluding hydrogens is 204 g/mol. The van der Waals surface area contributed by atoms with Crippen LogP contribution in [0.2, 0.25) is 0 Å². The average Bonchev–Trinajstić information content (AvgIpc) is 2.16. The fraction of sp³-hybridized carbons (Fsp3) is 0.917. The first-order chi connectivity index (χ1) is 7.52. The van der Waals surface area contributed by atoms with Crippen molar-refractivity contribution in [2.24, 2.45) is 17.1 Å². The summed E-state index contributed by atoms with van der Waals surface area (Å²) in [5.41, 5.74) is 5.23. The molecule has 1 rings (SSSR count). The van der Waals surface area contributed by atoms with E-state index in [4.69, 9.17) is 10.5 Å². The fourth-order valence-electron chi connectivity index (χ4n) is 1.92. The molecule has 1 fully saturated rings. The van der Waals surface area contributed by atoms with E-state index in [0.29, 0.717) is 25.7 Å². The van der Waals surface area contributed by atoms with Crippen LogP contribution in [-0.4, -0.2) is 44.2 Å². The lowest BCUT2D eigenvalue weighted by atomic mass is 9.84.